The highest BCUT2D eigenvalue weighted by Crippen LogP contribution is 2.25. The first kappa shape index (κ1) is 22.6. The van der Waals surface area contributed by atoms with Crippen molar-refractivity contribution in [3.05, 3.63) is 63.7 Å². The summed E-state index contributed by atoms with van der Waals surface area (Å²) in [6.07, 6.45) is 5.18. The van der Waals surface area contributed by atoms with Gasteiger partial charge in [0.1, 0.15) is 5.82 Å². The Hall–Kier alpha value is -3.19. The molecule has 2 aliphatic rings. The fraction of sp³-hybridized carbons (Fsp3) is 0.444. The zero-order valence-corrected chi connectivity index (χ0v) is 20.1. The van der Waals surface area contributed by atoms with Crippen molar-refractivity contribution in [1.82, 2.24) is 14.5 Å². The van der Waals surface area contributed by atoms with Gasteiger partial charge in [-0.2, -0.15) is 0 Å². The van der Waals surface area contributed by atoms with Crippen LogP contribution in [0.15, 0.2) is 41.2 Å². The van der Waals surface area contributed by atoms with Gasteiger partial charge in [0.2, 0.25) is 0 Å². The highest BCUT2D eigenvalue weighted by atomic mass is 16.1. The minimum absolute atomic E-state index is 0.00368. The topological polar surface area (TPSA) is 70.5 Å². The van der Waals surface area contributed by atoms with Gasteiger partial charge in [0.15, 0.2) is 0 Å². The van der Waals surface area contributed by atoms with Crippen LogP contribution < -0.4 is 15.8 Å². The predicted molar refractivity (Wildman–Crippen MR) is 137 cm³/mol. The number of nitrogens with one attached hydrogen (secondary N) is 1. The molecule has 1 saturated heterocycles. The molecule has 7 nitrogen and oxygen atoms in total. The van der Waals surface area contributed by atoms with Crippen molar-refractivity contribution in [2.24, 2.45) is 0 Å². The number of carbonyl (C=O) groups is 1. The number of aryl methyl sites for hydroxylation is 2. The normalized spacial score (nSPS) is 17.2. The Labute approximate surface area is 200 Å². The first-order valence-electron chi connectivity index (χ1n) is 12.4. The van der Waals surface area contributed by atoms with Crippen molar-refractivity contribution < 1.29 is 4.79 Å². The quantitative estimate of drug-likeness (QED) is 0.645. The highest BCUT2D eigenvalue weighted by molar-refractivity contribution is 6.06. The summed E-state index contributed by atoms with van der Waals surface area (Å²) in [6.45, 7) is 6.95. The molecule has 0 saturated carbocycles. The van der Waals surface area contributed by atoms with Crippen LogP contribution in [0.1, 0.15) is 47.4 Å². The number of hydrogen-bond acceptors (Lipinski definition) is 5. The zero-order chi connectivity index (χ0) is 23.7. The van der Waals surface area contributed by atoms with Gasteiger partial charge in [0, 0.05) is 56.1 Å². The number of piperazine rings is 1. The molecule has 0 spiro atoms. The second-order valence-corrected chi connectivity index (χ2v) is 9.63. The van der Waals surface area contributed by atoms with Crippen molar-refractivity contribution in [2.75, 3.05) is 43.4 Å². The lowest BCUT2D eigenvalue weighted by atomic mass is 10.1. The van der Waals surface area contributed by atoms with Gasteiger partial charge in [0.25, 0.3) is 11.5 Å². The first-order chi connectivity index (χ1) is 16.5. The maximum Gasteiger partial charge on any atom is 0.261 e. The summed E-state index contributed by atoms with van der Waals surface area (Å²) in [5.74, 6) is 0.646. The van der Waals surface area contributed by atoms with E-state index in [2.05, 4.69) is 35.2 Å². The van der Waals surface area contributed by atoms with Gasteiger partial charge >= 0.3 is 0 Å². The standard InChI is InChI=1S/C27H33N5O2/c1-19-17-21(9-11-24(19)31-15-13-30(2)14-16-31)28-26(33)20-8-10-22-23(18-20)29-25-7-5-3-4-6-12-32(25)27(22)34/h8-11,17-18H,3-7,12-16H2,1-2H3,(H,28,33). The fourth-order valence-electron chi connectivity index (χ4n) is 5.07. The molecule has 0 bridgehead atoms. The lowest BCUT2D eigenvalue weighted by Crippen LogP contribution is -2.44. The second kappa shape index (κ2) is 9.58. The molecule has 1 fully saturated rings. The smallest absolute Gasteiger partial charge is 0.261 e. The van der Waals surface area contributed by atoms with Crippen LogP contribution in [0.3, 0.4) is 0 Å². The van der Waals surface area contributed by atoms with E-state index in [0.29, 0.717) is 16.5 Å². The van der Waals surface area contributed by atoms with E-state index in [1.807, 2.05) is 16.7 Å². The molecule has 0 radical (unpaired) electrons. The maximum absolute atomic E-state index is 13.0. The average molecular weight is 460 g/mol. The lowest BCUT2D eigenvalue weighted by molar-refractivity contribution is 0.102. The SMILES string of the molecule is Cc1cc(NC(=O)c2ccc3c(=O)n4c(nc3c2)CCCCCC4)ccc1N1CCN(C)CC1. The molecular weight excluding hydrogens is 426 g/mol. The van der Waals surface area contributed by atoms with E-state index < -0.39 is 0 Å². The third-order valence-electron chi connectivity index (χ3n) is 7.13. The minimum Gasteiger partial charge on any atom is -0.369 e. The van der Waals surface area contributed by atoms with E-state index in [-0.39, 0.29) is 11.5 Å². The Morgan fingerprint density at radius 1 is 0.941 bits per heavy atom. The number of rotatable bonds is 3. The summed E-state index contributed by atoms with van der Waals surface area (Å²) in [7, 11) is 2.15. The van der Waals surface area contributed by atoms with Crippen LogP contribution >= 0.6 is 0 Å². The number of benzene rings is 2. The Kier molecular flexibility index (Phi) is 6.37. The van der Waals surface area contributed by atoms with E-state index in [1.54, 1.807) is 18.2 Å². The molecule has 1 N–H and O–H groups in total. The third kappa shape index (κ3) is 4.57. The number of likely N-dealkylation sites (N-methyl/N-ethyl adjacent to an activating group) is 1. The molecule has 3 aromatic rings. The molecule has 1 aromatic heterocycles. The second-order valence-electron chi connectivity index (χ2n) is 9.63. The molecule has 34 heavy (non-hydrogen) atoms. The Balaban J connectivity index is 1.36. The lowest BCUT2D eigenvalue weighted by Gasteiger charge is -2.35. The Morgan fingerprint density at radius 3 is 2.53 bits per heavy atom. The van der Waals surface area contributed by atoms with Crippen molar-refractivity contribution in [1.29, 1.82) is 0 Å². The maximum atomic E-state index is 13.0. The molecule has 3 heterocycles. The van der Waals surface area contributed by atoms with E-state index in [4.69, 9.17) is 4.98 Å². The summed E-state index contributed by atoms with van der Waals surface area (Å²) in [4.78, 5) is 35.6. The fourth-order valence-corrected chi connectivity index (χ4v) is 5.07. The summed E-state index contributed by atoms with van der Waals surface area (Å²) >= 11 is 0. The van der Waals surface area contributed by atoms with Gasteiger partial charge in [-0.3, -0.25) is 14.2 Å². The van der Waals surface area contributed by atoms with Crippen LogP contribution in [0.4, 0.5) is 11.4 Å². The van der Waals surface area contributed by atoms with Crippen molar-refractivity contribution >= 4 is 28.2 Å². The number of carbonyl (C=O) groups excluding carboxylic acids is 1. The van der Waals surface area contributed by atoms with Crippen LogP contribution in [-0.4, -0.2) is 53.6 Å². The largest absolute Gasteiger partial charge is 0.369 e. The number of hydrogen-bond donors (Lipinski definition) is 1. The summed E-state index contributed by atoms with van der Waals surface area (Å²) in [6, 6.07) is 11.3. The van der Waals surface area contributed by atoms with Crippen LogP contribution in [0.5, 0.6) is 0 Å². The van der Waals surface area contributed by atoms with Gasteiger partial charge in [-0.05, 0) is 68.8 Å². The van der Waals surface area contributed by atoms with Gasteiger partial charge < -0.3 is 15.1 Å². The van der Waals surface area contributed by atoms with Crippen LogP contribution in [-0.2, 0) is 13.0 Å². The Morgan fingerprint density at radius 2 is 1.74 bits per heavy atom. The minimum atomic E-state index is -0.192. The molecule has 5 rings (SSSR count). The molecule has 2 aromatic carbocycles. The zero-order valence-electron chi connectivity index (χ0n) is 20.1. The third-order valence-corrected chi connectivity index (χ3v) is 7.13. The van der Waals surface area contributed by atoms with E-state index in [0.717, 1.165) is 75.5 Å². The predicted octanol–water partition coefficient (Wildman–Crippen LogP) is 3.83. The first-order valence-corrected chi connectivity index (χ1v) is 12.4. The molecule has 7 heteroatoms. The number of fused-ring (bicyclic) bond motifs is 2. The summed E-state index contributed by atoms with van der Waals surface area (Å²) < 4.78 is 1.83. The Bertz CT molecular complexity index is 1270. The van der Waals surface area contributed by atoms with E-state index >= 15 is 0 Å². The van der Waals surface area contributed by atoms with E-state index in [9.17, 15) is 9.59 Å². The number of amides is 1. The van der Waals surface area contributed by atoms with Crippen LogP contribution in [0.2, 0.25) is 0 Å². The van der Waals surface area contributed by atoms with Gasteiger partial charge in [-0.25, -0.2) is 4.98 Å². The number of aromatic nitrogens is 2. The average Bonchev–Trinajstić information content (AvgIpc) is 2.81. The number of anilines is 2. The molecule has 0 aliphatic carbocycles. The van der Waals surface area contributed by atoms with Crippen molar-refractivity contribution in [3.63, 3.8) is 0 Å². The highest BCUT2D eigenvalue weighted by Gasteiger charge is 2.18. The van der Waals surface area contributed by atoms with Crippen LogP contribution in [0.25, 0.3) is 10.9 Å². The van der Waals surface area contributed by atoms with Gasteiger partial charge in [-0.15, -0.1) is 0 Å². The van der Waals surface area contributed by atoms with Crippen molar-refractivity contribution in [2.45, 2.75) is 45.6 Å². The van der Waals surface area contributed by atoms with Crippen molar-refractivity contribution in [3.8, 4) is 0 Å². The number of nitrogens with zero attached hydrogens (tertiary/aromatic N) is 4. The molecule has 178 valence electrons. The molecular formula is C27H33N5O2. The summed E-state index contributed by atoms with van der Waals surface area (Å²) in [5, 5.41) is 3.60. The van der Waals surface area contributed by atoms with Gasteiger partial charge in [0.05, 0.1) is 10.9 Å². The molecule has 1 amide bonds. The molecule has 2 aliphatic heterocycles. The summed E-state index contributed by atoms with van der Waals surface area (Å²) in [5.41, 5.74) is 4.25. The monoisotopic (exact) mass is 459 g/mol. The molecule has 0 unspecified atom stereocenters. The van der Waals surface area contributed by atoms with Gasteiger partial charge in [-0.1, -0.05) is 12.8 Å². The van der Waals surface area contributed by atoms with E-state index in [1.165, 1.54) is 12.1 Å². The molecule has 0 atom stereocenters. The van der Waals surface area contributed by atoms with Crippen LogP contribution in [0, 0.1) is 6.92 Å².